The van der Waals surface area contributed by atoms with Crippen LogP contribution in [0.5, 0.6) is 11.5 Å². The highest BCUT2D eigenvalue weighted by Gasteiger charge is 2.39. The molecule has 8 N–H and O–H groups in total. The van der Waals surface area contributed by atoms with Crippen LogP contribution in [0.4, 0.5) is 0 Å². The first kappa shape index (κ1) is 38.2. The van der Waals surface area contributed by atoms with E-state index >= 15 is 0 Å². The van der Waals surface area contributed by atoms with Crippen LogP contribution in [0.25, 0.3) is 0 Å². The Morgan fingerprint density at radius 3 is 2.47 bits per heavy atom. The van der Waals surface area contributed by atoms with Gasteiger partial charge in [0, 0.05) is 12.1 Å². The van der Waals surface area contributed by atoms with E-state index in [1.807, 2.05) is 13.8 Å². The SMILES string of the molecule is CCCCCC(CCCN)C(N)C(=O)N1CCC[C@H]1C(=O)N[C@@H](C)C(=O)N[C@H](C(=O)Oc1cc2c(cc1O)CCNC2(C)C)C(C)C. The standard InChI is InChI=1S/C35H58N6O6/c1-7-8-9-12-23(13-10-16-36)29(37)33(45)41-18-11-14-26(41)32(44)39-22(4)31(43)40-30(21(2)3)34(46)47-28-20-25-24(19-27(28)42)15-17-38-35(25,5)6/h19-23,26,29-30,38,42H,7-18,36-37H2,1-6H3,(H,39,44)(H,40,43)/t22-,23?,26-,29?,30-/m0/s1. The number of carbonyl (C=O) groups excluding carboxylic acids is 4. The van der Waals surface area contributed by atoms with Crippen molar-refractivity contribution in [2.24, 2.45) is 23.3 Å². The van der Waals surface area contributed by atoms with Gasteiger partial charge in [0.1, 0.15) is 18.1 Å². The van der Waals surface area contributed by atoms with E-state index in [4.69, 9.17) is 16.2 Å². The van der Waals surface area contributed by atoms with Crippen LogP contribution in [0.1, 0.15) is 104 Å². The van der Waals surface area contributed by atoms with E-state index in [9.17, 15) is 24.3 Å². The lowest BCUT2D eigenvalue weighted by atomic mass is 9.85. The number of hydrogen-bond donors (Lipinski definition) is 6. The van der Waals surface area contributed by atoms with Crippen LogP contribution >= 0.6 is 0 Å². The minimum absolute atomic E-state index is 0.00860. The van der Waals surface area contributed by atoms with Crippen molar-refractivity contribution in [3.05, 3.63) is 23.3 Å². The van der Waals surface area contributed by atoms with Crippen LogP contribution in [0, 0.1) is 11.8 Å². The summed E-state index contributed by atoms with van der Waals surface area (Å²) in [5.74, 6) is -2.46. The smallest absolute Gasteiger partial charge is 0.334 e. The highest BCUT2D eigenvalue weighted by Crippen LogP contribution is 2.37. The highest BCUT2D eigenvalue weighted by atomic mass is 16.5. The molecular weight excluding hydrogens is 600 g/mol. The first-order chi connectivity index (χ1) is 22.2. The molecule has 0 aromatic heterocycles. The Balaban J connectivity index is 1.63. The zero-order valence-corrected chi connectivity index (χ0v) is 29.2. The number of likely N-dealkylation sites (tertiary alicyclic amines) is 1. The fraction of sp³-hybridized carbons (Fsp3) is 0.714. The largest absolute Gasteiger partial charge is 0.504 e. The predicted molar refractivity (Wildman–Crippen MR) is 181 cm³/mol. The molecule has 2 aliphatic rings. The number of esters is 1. The van der Waals surface area contributed by atoms with Crippen LogP contribution in [0.15, 0.2) is 12.1 Å². The number of carbonyl (C=O) groups is 4. The summed E-state index contributed by atoms with van der Waals surface area (Å²) in [7, 11) is 0. The van der Waals surface area contributed by atoms with Crippen molar-refractivity contribution in [3.63, 3.8) is 0 Å². The number of aromatic hydroxyl groups is 1. The number of unbranched alkanes of at least 4 members (excludes halogenated alkanes) is 2. The third-order valence-corrected chi connectivity index (χ3v) is 9.59. The van der Waals surface area contributed by atoms with Gasteiger partial charge in [0.15, 0.2) is 11.5 Å². The van der Waals surface area contributed by atoms with Gasteiger partial charge in [-0.2, -0.15) is 0 Å². The van der Waals surface area contributed by atoms with Gasteiger partial charge in [-0.1, -0.05) is 40.0 Å². The van der Waals surface area contributed by atoms with Crippen molar-refractivity contribution >= 4 is 23.7 Å². The number of ether oxygens (including phenoxy) is 1. The minimum Gasteiger partial charge on any atom is -0.504 e. The van der Waals surface area contributed by atoms with Gasteiger partial charge in [-0.25, -0.2) is 4.79 Å². The van der Waals surface area contributed by atoms with Crippen LogP contribution in [-0.4, -0.2) is 77.5 Å². The molecule has 47 heavy (non-hydrogen) atoms. The number of amides is 3. The van der Waals surface area contributed by atoms with Gasteiger partial charge in [-0.05, 0) is 107 Å². The predicted octanol–water partition coefficient (Wildman–Crippen LogP) is 2.58. The minimum atomic E-state index is -1.04. The fourth-order valence-electron chi connectivity index (χ4n) is 6.65. The summed E-state index contributed by atoms with van der Waals surface area (Å²) in [6.45, 7) is 13.0. The number of nitrogens with two attached hydrogens (primary N) is 2. The van der Waals surface area contributed by atoms with E-state index in [-0.39, 0.29) is 34.8 Å². The molecule has 0 radical (unpaired) electrons. The maximum Gasteiger partial charge on any atom is 0.334 e. The van der Waals surface area contributed by atoms with Crippen molar-refractivity contribution in [2.45, 2.75) is 129 Å². The van der Waals surface area contributed by atoms with Gasteiger partial charge >= 0.3 is 5.97 Å². The summed E-state index contributed by atoms with van der Waals surface area (Å²) in [5.41, 5.74) is 13.8. The van der Waals surface area contributed by atoms with E-state index < -0.39 is 42.0 Å². The molecule has 0 bridgehead atoms. The number of rotatable bonds is 16. The fourth-order valence-corrected chi connectivity index (χ4v) is 6.65. The van der Waals surface area contributed by atoms with Gasteiger partial charge in [-0.15, -0.1) is 0 Å². The second kappa shape index (κ2) is 17.3. The summed E-state index contributed by atoms with van der Waals surface area (Å²) in [4.78, 5) is 55.0. The van der Waals surface area contributed by atoms with Crippen molar-refractivity contribution in [2.75, 3.05) is 19.6 Å². The summed E-state index contributed by atoms with van der Waals surface area (Å²) in [6, 6.07) is -0.184. The van der Waals surface area contributed by atoms with Crippen LogP contribution in [-0.2, 0) is 31.1 Å². The van der Waals surface area contributed by atoms with Crippen molar-refractivity contribution < 1.29 is 29.0 Å². The molecule has 264 valence electrons. The number of phenols is 1. The molecular formula is C35H58N6O6. The van der Waals surface area contributed by atoms with Gasteiger partial charge in [0.25, 0.3) is 0 Å². The molecule has 2 heterocycles. The van der Waals surface area contributed by atoms with Gasteiger partial charge < -0.3 is 42.2 Å². The number of nitrogens with zero attached hydrogens (tertiary/aromatic N) is 1. The molecule has 1 aromatic rings. The number of phenolic OH excluding ortho intramolecular Hbond substituents is 1. The first-order valence-corrected chi connectivity index (χ1v) is 17.4. The zero-order chi connectivity index (χ0) is 34.9. The summed E-state index contributed by atoms with van der Waals surface area (Å²) >= 11 is 0. The maximum absolute atomic E-state index is 13.5. The third kappa shape index (κ3) is 9.90. The molecule has 0 saturated carbocycles. The van der Waals surface area contributed by atoms with E-state index in [0.717, 1.165) is 62.6 Å². The average molecular weight is 659 g/mol. The van der Waals surface area contributed by atoms with Crippen molar-refractivity contribution in [1.29, 1.82) is 0 Å². The molecule has 1 saturated heterocycles. The lowest BCUT2D eigenvalue weighted by molar-refractivity contribution is -0.142. The molecule has 12 heteroatoms. The Kier molecular flexibility index (Phi) is 14.0. The Labute approximate surface area is 280 Å². The monoisotopic (exact) mass is 658 g/mol. The maximum atomic E-state index is 13.5. The lowest BCUT2D eigenvalue weighted by Crippen LogP contribution is -2.57. The Morgan fingerprint density at radius 2 is 1.81 bits per heavy atom. The number of fused-ring (bicyclic) bond motifs is 1. The highest BCUT2D eigenvalue weighted by molar-refractivity contribution is 5.94. The van der Waals surface area contributed by atoms with Gasteiger partial charge in [0.05, 0.1) is 6.04 Å². The van der Waals surface area contributed by atoms with E-state index in [1.165, 1.54) is 6.92 Å². The number of nitrogens with one attached hydrogen (secondary N) is 3. The van der Waals surface area contributed by atoms with Crippen molar-refractivity contribution in [1.82, 2.24) is 20.9 Å². The molecule has 1 fully saturated rings. The lowest BCUT2D eigenvalue weighted by Gasteiger charge is -2.34. The van der Waals surface area contributed by atoms with Crippen LogP contribution < -0.4 is 32.2 Å². The van der Waals surface area contributed by atoms with Crippen LogP contribution in [0.2, 0.25) is 0 Å². The second-order valence-electron chi connectivity index (χ2n) is 14.1. The Morgan fingerprint density at radius 1 is 1.11 bits per heavy atom. The molecule has 2 aliphatic heterocycles. The Hall–Kier alpha value is -3.22. The zero-order valence-electron chi connectivity index (χ0n) is 29.2. The topological polar surface area (TPSA) is 189 Å². The molecule has 5 atom stereocenters. The summed E-state index contributed by atoms with van der Waals surface area (Å²) < 4.78 is 5.63. The van der Waals surface area contributed by atoms with Gasteiger partial charge in [0.2, 0.25) is 17.7 Å². The molecule has 1 aromatic carbocycles. The molecule has 2 unspecified atom stereocenters. The molecule has 12 nitrogen and oxygen atoms in total. The quantitative estimate of drug-likeness (QED) is 0.0881. The number of hydrogen-bond acceptors (Lipinski definition) is 9. The van der Waals surface area contributed by atoms with Crippen molar-refractivity contribution in [3.8, 4) is 11.5 Å². The van der Waals surface area contributed by atoms with E-state index in [2.05, 4.69) is 22.9 Å². The third-order valence-electron chi connectivity index (χ3n) is 9.59. The molecule has 0 aliphatic carbocycles. The molecule has 0 spiro atoms. The number of benzene rings is 1. The van der Waals surface area contributed by atoms with Gasteiger partial charge in [-0.3, -0.25) is 14.4 Å². The summed E-state index contributed by atoms with van der Waals surface area (Å²) in [6.07, 6.45) is 7.37. The normalized spacial score (nSPS) is 19.8. The average Bonchev–Trinajstić information content (AvgIpc) is 3.51. The first-order valence-electron chi connectivity index (χ1n) is 17.4. The van der Waals surface area contributed by atoms with Crippen LogP contribution in [0.3, 0.4) is 0 Å². The molecule has 3 rings (SSSR count). The Bertz CT molecular complexity index is 1250. The van der Waals surface area contributed by atoms with E-state index in [0.29, 0.717) is 25.9 Å². The van der Waals surface area contributed by atoms with E-state index in [1.54, 1.807) is 30.9 Å². The molecule has 3 amide bonds. The second-order valence-corrected chi connectivity index (χ2v) is 14.1. The summed E-state index contributed by atoms with van der Waals surface area (Å²) in [5, 5.41) is 19.5.